The summed E-state index contributed by atoms with van der Waals surface area (Å²) < 4.78 is 0. The molecule has 0 saturated heterocycles. The van der Waals surface area contributed by atoms with E-state index in [2.05, 4.69) is 5.32 Å². The molecular weight excluding hydrogens is 276 g/mol. The first-order valence-electron chi connectivity index (χ1n) is 6.45. The van der Waals surface area contributed by atoms with E-state index in [0.717, 1.165) is 0 Å². The summed E-state index contributed by atoms with van der Waals surface area (Å²) in [7, 11) is 0. The number of amides is 1. The molecule has 0 heterocycles. The summed E-state index contributed by atoms with van der Waals surface area (Å²) in [6.45, 7) is 5.04. The molecule has 1 saturated carbocycles. The summed E-state index contributed by atoms with van der Waals surface area (Å²) in [6, 6.07) is 4.38. The van der Waals surface area contributed by atoms with Crippen molar-refractivity contribution in [3.8, 4) is 0 Å². The van der Waals surface area contributed by atoms with Gasteiger partial charge in [-0.05, 0) is 18.4 Å². The standard InChI is InChI=1S/C14H16N2O5/c1-7-4-5-8(6-9(7)16(20)21)15-12(17)10-11(13(18)19)14(10,2)3/h4-6,10-11H,1-3H3,(H,15,17)(H,18,19). The molecule has 0 bridgehead atoms. The van der Waals surface area contributed by atoms with Crippen molar-refractivity contribution in [3.63, 3.8) is 0 Å². The highest BCUT2D eigenvalue weighted by molar-refractivity contribution is 5.99. The molecule has 21 heavy (non-hydrogen) atoms. The molecule has 2 rings (SSSR count). The molecule has 2 atom stereocenters. The minimum Gasteiger partial charge on any atom is -0.481 e. The minimum absolute atomic E-state index is 0.0855. The second-order valence-electron chi connectivity index (χ2n) is 5.86. The van der Waals surface area contributed by atoms with Crippen LogP contribution < -0.4 is 5.32 Å². The number of nitrogens with zero attached hydrogens (tertiary/aromatic N) is 1. The Bertz CT molecular complexity index is 638. The highest BCUT2D eigenvalue weighted by atomic mass is 16.6. The summed E-state index contributed by atoms with van der Waals surface area (Å²) in [5.74, 6) is -2.78. The van der Waals surface area contributed by atoms with Crippen molar-refractivity contribution in [3.05, 3.63) is 33.9 Å². The number of rotatable bonds is 4. The smallest absolute Gasteiger partial charge is 0.307 e. The second-order valence-corrected chi connectivity index (χ2v) is 5.86. The van der Waals surface area contributed by atoms with Crippen molar-refractivity contribution in [2.24, 2.45) is 17.3 Å². The number of nitro groups is 1. The molecule has 1 aliphatic carbocycles. The first-order chi connectivity index (χ1) is 9.66. The first-order valence-corrected chi connectivity index (χ1v) is 6.45. The average molecular weight is 292 g/mol. The Balaban J connectivity index is 2.17. The van der Waals surface area contributed by atoms with Crippen LogP contribution in [-0.4, -0.2) is 21.9 Å². The maximum atomic E-state index is 12.1. The van der Waals surface area contributed by atoms with Gasteiger partial charge in [-0.1, -0.05) is 19.9 Å². The molecule has 7 nitrogen and oxygen atoms in total. The van der Waals surface area contributed by atoms with Crippen LogP contribution in [0.1, 0.15) is 19.4 Å². The highest BCUT2D eigenvalue weighted by Crippen LogP contribution is 2.58. The molecule has 1 fully saturated rings. The predicted octanol–water partition coefficient (Wildman–Crippen LogP) is 2.20. The number of carbonyl (C=O) groups is 2. The van der Waals surface area contributed by atoms with E-state index in [9.17, 15) is 19.7 Å². The lowest BCUT2D eigenvalue weighted by molar-refractivity contribution is -0.385. The fourth-order valence-electron chi connectivity index (χ4n) is 2.69. The second kappa shape index (κ2) is 4.83. The van der Waals surface area contributed by atoms with Crippen molar-refractivity contribution in [2.45, 2.75) is 20.8 Å². The van der Waals surface area contributed by atoms with Gasteiger partial charge >= 0.3 is 5.97 Å². The zero-order valence-electron chi connectivity index (χ0n) is 11.9. The summed E-state index contributed by atoms with van der Waals surface area (Å²) in [5.41, 5.74) is 0.0990. The molecule has 1 aromatic rings. The van der Waals surface area contributed by atoms with Crippen LogP contribution in [0, 0.1) is 34.3 Å². The maximum Gasteiger partial charge on any atom is 0.307 e. The fourth-order valence-corrected chi connectivity index (χ4v) is 2.69. The lowest BCUT2D eigenvalue weighted by atomic mass is 10.1. The van der Waals surface area contributed by atoms with Gasteiger partial charge in [-0.15, -0.1) is 0 Å². The van der Waals surface area contributed by atoms with Crippen LogP contribution >= 0.6 is 0 Å². The lowest BCUT2D eigenvalue weighted by Gasteiger charge is -2.07. The zero-order chi connectivity index (χ0) is 15.9. The van der Waals surface area contributed by atoms with Crippen molar-refractivity contribution in [1.29, 1.82) is 0 Å². The SMILES string of the molecule is Cc1ccc(NC(=O)C2C(C(=O)O)C2(C)C)cc1[N+](=O)[O-]. The Hall–Kier alpha value is -2.44. The quantitative estimate of drug-likeness (QED) is 0.653. The number of aryl methyl sites for hydroxylation is 1. The summed E-state index contributed by atoms with van der Waals surface area (Å²) >= 11 is 0. The van der Waals surface area contributed by atoms with Crippen molar-refractivity contribution in [1.82, 2.24) is 0 Å². The van der Waals surface area contributed by atoms with Crippen LogP contribution in [0.4, 0.5) is 11.4 Å². The van der Waals surface area contributed by atoms with Crippen LogP contribution in [0.5, 0.6) is 0 Å². The van der Waals surface area contributed by atoms with E-state index in [1.165, 1.54) is 6.07 Å². The molecule has 112 valence electrons. The maximum absolute atomic E-state index is 12.1. The van der Waals surface area contributed by atoms with Gasteiger partial charge in [0.05, 0.1) is 16.8 Å². The van der Waals surface area contributed by atoms with Gasteiger partial charge in [-0.3, -0.25) is 19.7 Å². The van der Waals surface area contributed by atoms with E-state index in [4.69, 9.17) is 5.11 Å². The van der Waals surface area contributed by atoms with Gasteiger partial charge in [-0.25, -0.2) is 0 Å². The van der Waals surface area contributed by atoms with Gasteiger partial charge in [0, 0.05) is 17.3 Å². The van der Waals surface area contributed by atoms with E-state index in [-0.39, 0.29) is 5.69 Å². The average Bonchev–Trinajstić information content (AvgIpc) is 2.94. The molecule has 2 N–H and O–H groups in total. The molecule has 0 aliphatic heterocycles. The van der Waals surface area contributed by atoms with Crippen molar-refractivity contribution >= 4 is 23.3 Å². The molecular formula is C14H16N2O5. The number of aliphatic carboxylic acids is 1. The number of carbonyl (C=O) groups excluding carboxylic acids is 1. The molecule has 1 aromatic carbocycles. The van der Waals surface area contributed by atoms with Gasteiger partial charge in [0.25, 0.3) is 5.69 Å². The van der Waals surface area contributed by atoms with E-state index in [0.29, 0.717) is 11.3 Å². The normalized spacial score (nSPS) is 22.4. The molecule has 0 radical (unpaired) electrons. The third-order valence-electron chi connectivity index (χ3n) is 4.05. The highest BCUT2D eigenvalue weighted by Gasteiger charge is 2.65. The minimum atomic E-state index is -1.00. The Kier molecular flexibility index (Phi) is 3.44. The number of nitrogens with one attached hydrogen (secondary N) is 1. The zero-order valence-corrected chi connectivity index (χ0v) is 11.9. The summed E-state index contributed by atoms with van der Waals surface area (Å²) in [6.07, 6.45) is 0. The van der Waals surface area contributed by atoms with Gasteiger partial charge in [0.2, 0.25) is 5.91 Å². The van der Waals surface area contributed by atoms with Crippen LogP contribution in [0.25, 0.3) is 0 Å². The number of nitro benzene ring substituents is 1. The van der Waals surface area contributed by atoms with Crippen molar-refractivity contribution < 1.29 is 19.6 Å². The van der Waals surface area contributed by atoms with Gasteiger partial charge in [0.15, 0.2) is 0 Å². The lowest BCUT2D eigenvalue weighted by Crippen LogP contribution is -2.17. The number of benzene rings is 1. The largest absolute Gasteiger partial charge is 0.481 e. The number of carboxylic acids is 1. The van der Waals surface area contributed by atoms with Crippen LogP contribution in [0.3, 0.4) is 0 Å². The Morgan fingerprint density at radius 3 is 2.43 bits per heavy atom. The Morgan fingerprint density at radius 2 is 1.95 bits per heavy atom. The topological polar surface area (TPSA) is 110 Å². The third-order valence-corrected chi connectivity index (χ3v) is 4.05. The monoisotopic (exact) mass is 292 g/mol. The number of carboxylic acid groups (broad SMARTS) is 1. The predicted molar refractivity (Wildman–Crippen MR) is 74.9 cm³/mol. The number of hydrogen-bond donors (Lipinski definition) is 2. The van der Waals surface area contributed by atoms with Crippen LogP contribution in [-0.2, 0) is 9.59 Å². The van der Waals surface area contributed by atoms with Crippen LogP contribution in [0.15, 0.2) is 18.2 Å². The van der Waals surface area contributed by atoms with E-state index >= 15 is 0 Å². The molecule has 0 aromatic heterocycles. The fraction of sp³-hybridized carbons (Fsp3) is 0.429. The Labute approximate surface area is 121 Å². The molecule has 1 aliphatic rings. The first kappa shape index (κ1) is 15.0. The molecule has 1 amide bonds. The molecule has 7 heteroatoms. The van der Waals surface area contributed by atoms with Gasteiger partial charge in [-0.2, -0.15) is 0 Å². The number of anilines is 1. The summed E-state index contributed by atoms with van der Waals surface area (Å²) in [5, 5.41) is 22.5. The van der Waals surface area contributed by atoms with Crippen LogP contribution in [0.2, 0.25) is 0 Å². The third kappa shape index (κ3) is 2.58. The van der Waals surface area contributed by atoms with Gasteiger partial charge in [0.1, 0.15) is 0 Å². The number of hydrogen-bond acceptors (Lipinski definition) is 4. The van der Waals surface area contributed by atoms with Crippen molar-refractivity contribution in [2.75, 3.05) is 5.32 Å². The van der Waals surface area contributed by atoms with E-state index in [1.807, 2.05) is 0 Å². The molecule has 2 unspecified atom stereocenters. The summed E-state index contributed by atoms with van der Waals surface area (Å²) in [4.78, 5) is 33.5. The van der Waals surface area contributed by atoms with E-state index < -0.39 is 34.1 Å². The van der Waals surface area contributed by atoms with E-state index in [1.54, 1.807) is 32.9 Å². The molecule has 0 spiro atoms. The Morgan fingerprint density at radius 1 is 1.33 bits per heavy atom. The van der Waals surface area contributed by atoms with Gasteiger partial charge < -0.3 is 10.4 Å².